The third-order valence-corrected chi connectivity index (χ3v) is 3.44. The topological polar surface area (TPSA) is 17.1 Å². The van der Waals surface area contributed by atoms with Crippen LogP contribution in [0.1, 0.15) is 20.3 Å². The van der Waals surface area contributed by atoms with E-state index in [2.05, 4.69) is 0 Å². The van der Waals surface area contributed by atoms with E-state index in [1.165, 1.54) is 0 Å². The Balaban J connectivity index is 2.61. The molecular formula is C8H10Cl4O. The highest BCUT2D eigenvalue weighted by Gasteiger charge is 2.62. The van der Waals surface area contributed by atoms with Crippen LogP contribution in [-0.4, -0.2) is 9.03 Å². The second kappa shape index (κ2) is 3.44. The van der Waals surface area contributed by atoms with Gasteiger partial charge < -0.3 is 0 Å². The van der Waals surface area contributed by atoms with Crippen LogP contribution in [0, 0.1) is 17.3 Å². The lowest BCUT2D eigenvalue weighted by Gasteiger charge is -2.10. The van der Waals surface area contributed by atoms with Crippen molar-refractivity contribution in [2.45, 2.75) is 24.1 Å². The van der Waals surface area contributed by atoms with Crippen LogP contribution in [0.2, 0.25) is 0 Å². The molecule has 1 saturated carbocycles. The normalized spacial score (nSPS) is 31.5. The average molecular weight is 264 g/mol. The molecule has 0 unspecified atom stereocenters. The monoisotopic (exact) mass is 262 g/mol. The van der Waals surface area contributed by atoms with Crippen LogP contribution in [0.25, 0.3) is 0 Å². The molecule has 13 heavy (non-hydrogen) atoms. The highest BCUT2D eigenvalue weighted by atomic mass is 35.6. The van der Waals surface area contributed by atoms with Crippen LogP contribution >= 0.6 is 46.4 Å². The van der Waals surface area contributed by atoms with Gasteiger partial charge in [-0.15, -0.1) is 0 Å². The van der Waals surface area contributed by atoms with Crippen molar-refractivity contribution in [3.8, 4) is 0 Å². The van der Waals surface area contributed by atoms with Crippen LogP contribution in [0.3, 0.4) is 0 Å². The van der Waals surface area contributed by atoms with E-state index in [0.29, 0.717) is 6.42 Å². The minimum atomic E-state index is -1.29. The first-order chi connectivity index (χ1) is 5.66. The summed E-state index contributed by atoms with van der Waals surface area (Å²) in [6.07, 6.45) is 0.383. The van der Waals surface area contributed by atoms with Crippen LogP contribution in [0.4, 0.5) is 0 Å². The fourth-order valence-electron chi connectivity index (χ4n) is 1.83. The molecule has 0 heterocycles. The lowest BCUT2D eigenvalue weighted by molar-refractivity contribution is -0.113. The molecule has 1 fully saturated rings. The Labute approximate surface area is 97.7 Å². The highest BCUT2D eigenvalue weighted by molar-refractivity contribution is 6.67. The lowest BCUT2D eigenvalue weighted by atomic mass is 10.1. The molecule has 0 spiro atoms. The number of halogens is 4. The molecule has 0 aromatic rings. The van der Waals surface area contributed by atoms with Gasteiger partial charge in [0.2, 0.25) is 5.24 Å². The summed E-state index contributed by atoms with van der Waals surface area (Å²) in [5.41, 5.74) is -0.122. The Morgan fingerprint density at radius 2 is 1.85 bits per heavy atom. The Morgan fingerprint density at radius 3 is 2.08 bits per heavy atom. The van der Waals surface area contributed by atoms with Crippen molar-refractivity contribution in [3.63, 3.8) is 0 Å². The summed E-state index contributed by atoms with van der Waals surface area (Å²) in [6.45, 7) is 3.91. The summed E-state index contributed by atoms with van der Waals surface area (Å²) < 4.78 is -1.29. The lowest BCUT2D eigenvalue weighted by Crippen LogP contribution is -2.06. The highest BCUT2D eigenvalue weighted by Crippen LogP contribution is 2.63. The smallest absolute Gasteiger partial charge is 0.225 e. The van der Waals surface area contributed by atoms with Crippen molar-refractivity contribution in [2.24, 2.45) is 17.3 Å². The van der Waals surface area contributed by atoms with Gasteiger partial charge in [-0.05, 0) is 29.4 Å². The van der Waals surface area contributed by atoms with Gasteiger partial charge in [-0.25, -0.2) is 0 Å². The largest absolute Gasteiger partial charge is 0.281 e. The Hall–Kier alpha value is 0.830. The quantitative estimate of drug-likeness (QED) is 0.547. The molecule has 0 amide bonds. The van der Waals surface area contributed by atoms with Gasteiger partial charge in [-0.1, -0.05) is 48.7 Å². The van der Waals surface area contributed by atoms with E-state index in [4.69, 9.17) is 46.4 Å². The molecule has 0 aromatic carbocycles. The molecule has 1 aliphatic rings. The van der Waals surface area contributed by atoms with Gasteiger partial charge in [-0.3, -0.25) is 4.79 Å². The molecule has 1 aliphatic carbocycles. The van der Waals surface area contributed by atoms with Crippen LogP contribution < -0.4 is 0 Å². The second-order valence-electron chi connectivity index (χ2n) is 4.03. The Morgan fingerprint density at radius 1 is 1.38 bits per heavy atom. The summed E-state index contributed by atoms with van der Waals surface area (Å²) in [5, 5.41) is -0.329. The van der Waals surface area contributed by atoms with Gasteiger partial charge in [-0.2, -0.15) is 0 Å². The van der Waals surface area contributed by atoms with Gasteiger partial charge >= 0.3 is 0 Å². The van der Waals surface area contributed by atoms with Crippen molar-refractivity contribution < 1.29 is 4.79 Å². The Bertz CT molecular complexity index is 231. The van der Waals surface area contributed by atoms with Crippen molar-refractivity contribution in [1.82, 2.24) is 0 Å². The molecule has 0 radical (unpaired) electrons. The summed E-state index contributed by atoms with van der Waals surface area (Å²) in [5.74, 6) is -0.0743. The van der Waals surface area contributed by atoms with Gasteiger partial charge in [0.1, 0.15) is 0 Å². The van der Waals surface area contributed by atoms with Crippen molar-refractivity contribution in [2.75, 3.05) is 0 Å². The first-order valence-electron chi connectivity index (χ1n) is 3.92. The molecule has 0 aliphatic heterocycles. The van der Waals surface area contributed by atoms with Gasteiger partial charge in [0.25, 0.3) is 0 Å². The SMILES string of the molecule is CC1(C)[C@H](CC(Cl)(Cl)Cl)[C@H]1C(=O)Cl. The van der Waals surface area contributed by atoms with E-state index >= 15 is 0 Å². The van der Waals surface area contributed by atoms with Crippen molar-refractivity contribution in [3.05, 3.63) is 0 Å². The number of rotatable bonds is 2. The van der Waals surface area contributed by atoms with Crippen molar-refractivity contribution >= 4 is 51.6 Å². The first-order valence-corrected chi connectivity index (χ1v) is 5.43. The number of carbonyl (C=O) groups is 1. The molecule has 76 valence electrons. The van der Waals surface area contributed by atoms with E-state index < -0.39 is 3.79 Å². The predicted molar refractivity (Wildman–Crippen MR) is 56.5 cm³/mol. The minimum absolute atomic E-state index is 0.0880. The van der Waals surface area contributed by atoms with E-state index in [0.717, 1.165) is 0 Å². The molecule has 0 bridgehead atoms. The molecule has 0 saturated heterocycles. The maximum Gasteiger partial charge on any atom is 0.225 e. The average Bonchev–Trinajstić information content (AvgIpc) is 2.28. The molecular weight excluding hydrogens is 254 g/mol. The summed E-state index contributed by atoms with van der Waals surface area (Å²) in [4.78, 5) is 11.0. The van der Waals surface area contributed by atoms with Gasteiger partial charge in [0.15, 0.2) is 3.79 Å². The van der Waals surface area contributed by atoms with Crippen molar-refractivity contribution in [1.29, 1.82) is 0 Å². The summed E-state index contributed by atoms with van der Waals surface area (Å²) in [6, 6.07) is 0. The number of carbonyl (C=O) groups excluding carboxylic acids is 1. The standard InChI is InChI=1S/C8H10Cl4O/c1-7(2)4(3-8(10,11)12)5(7)6(9)13/h4-5H,3H2,1-2H3/t4-,5+/m1/s1. The van der Waals surface area contributed by atoms with Gasteiger partial charge in [0, 0.05) is 5.92 Å². The maximum absolute atomic E-state index is 11.0. The summed E-state index contributed by atoms with van der Waals surface area (Å²) >= 11 is 22.3. The number of alkyl halides is 3. The number of hydrogen-bond donors (Lipinski definition) is 0. The third-order valence-electron chi connectivity index (χ3n) is 2.75. The van der Waals surface area contributed by atoms with E-state index in [1.54, 1.807) is 0 Å². The molecule has 1 rings (SSSR count). The fourth-order valence-corrected chi connectivity index (χ4v) is 2.76. The fraction of sp³-hybridized carbons (Fsp3) is 0.875. The van der Waals surface area contributed by atoms with Crippen LogP contribution in [0.15, 0.2) is 0 Å². The van der Waals surface area contributed by atoms with Gasteiger partial charge in [0.05, 0.1) is 0 Å². The summed E-state index contributed by atoms with van der Waals surface area (Å²) in [7, 11) is 0. The minimum Gasteiger partial charge on any atom is -0.281 e. The first kappa shape index (κ1) is 11.9. The molecule has 0 aromatic heterocycles. The second-order valence-corrected chi connectivity index (χ2v) is 6.92. The number of hydrogen-bond acceptors (Lipinski definition) is 1. The Kier molecular flexibility index (Phi) is 3.15. The molecule has 1 nitrogen and oxygen atoms in total. The van der Waals surface area contributed by atoms with E-state index in [-0.39, 0.29) is 22.5 Å². The van der Waals surface area contributed by atoms with Crippen LogP contribution in [0.5, 0.6) is 0 Å². The third kappa shape index (κ3) is 2.65. The maximum atomic E-state index is 11.0. The zero-order chi connectivity index (χ0) is 10.4. The van der Waals surface area contributed by atoms with E-state index in [1.807, 2.05) is 13.8 Å². The zero-order valence-corrected chi connectivity index (χ0v) is 10.3. The molecule has 5 heteroatoms. The van der Waals surface area contributed by atoms with Crippen LogP contribution in [-0.2, 0) is 4.79 Å². The molecule has 2 atom stereocenters. The predicted octanol–water partition coefficient (Wildman–Crippen LogP) is 3.78. The zero-order valence-electron chi connectivity index (χ0n) is 7.28. The molecule has 0 N–H and O–H groups in total. The van der Waals surface area contributed by atoms with E-state index in [9.17, 15) is 4.79 Å².